The molecule has 0 fully saturated rings. The van der Waals surface area contributed by atoms with Gasteiger partial charge in [0.1, 0.15) is 5.75 Å². The zero-order chi connectivity index (χ0) is 14.9. The molecule has 0 unspecified atom stereocenters. The Kier molecular flexibility index (Phi) is 3.81. The number of rotatable bonds is 2. The van der Waals surface area contributed by atoms with Crippen LogP contribution in [0.5, 0.6) is 5.75 Å². The molecule has 0 amide bonds. The second kappa shape index (κ2) is 5.25. The molecule has 2 rings (SSSR count). The van der Waals surface area contributed by atoms with Crippen LogP contribution >= 0.6 is 11.6 Å². The van der Waals surface area contributed by atoms with Gasteiger partial charge in [-0.2, -0.15) is 0 Å². The van der Waals surface area contributed by atoms with Crippen LogP contribution in [0.25, 0.3) is 11.1 Å². The first-order chi connectivity index (χ1) is 9.26. The third-order valence-electron chi connectivity index (χ3n) is 2.75. The number of hydrogen-bond acceptors (Lipinski definition) is 2. The minimum Gasteiger partial charge on any atom is -0.406 e. The highest BCUT2D eigenvalue weighted by atomic mass is 35.5. The van der Waals surface area contributed by atoms with Crippen LogP contribution in [0.4, 0.5) is 18.9 Å². The summed E-state index contributed by atoms with van der Waals surface area (Å²) in [6.45, 7) is 1.83. The monoisotopic (exact) mass is 301 g/mol. The average molecular weight is 302 g/mol. The molecule has 0 radical (unpaired) electrons. The molecule has 20 heavy (non-hydrogen) atoms. The van der Waals surface area contributed by atoms with Crippen LogP contribution in [-0.2, 0) is 0 Å². The van der Waals surface area contributed by atoms with Crippen LogP contribution in [0.2, 0.25) is 5.02 Å². The van der Waals surface area contributed by atoms with Gasteiger partial charge in [0.05, 0.1) is 5.02 Å². The molecule has 0 aliphatic rings. The van der Waals surface area contributed by atoms with Crippen LogP contribution in [0.15, 0.2) is 36.4 Å². The lowest BCUT2D eigenvalue weighted by atomic mass is 10.0. The molecule has 0 aliphatic heterocycles. The Morgan fingerprint density at radius 1 is 1.10 bits per heavy atom. The van der Waals surface area contributed by atoms with E-state index < -0.39 is 6.36 Å². The first-order valence-corrected chi connectivity index (χ1v) is 6.06. The fourth-order valence-electron chi connectivity index (χ4n) is 1.75. The lowest BCUT2D eigenvalue weighted by Crippen LogP contribution is -2.16. The Hall–Kier alpha value is -1.88. The summed E-state index contributed by atoms with van der Waals surface area (Å²) in [7, 11) is 0. The molecule has 0 saturated heterocycles. The summed E-state index contributed by atoms with van der Waals surface area (Å²) in [5, 5.41) is 0.442. The van der Waals surface area contributed by atoms with Crippen molar-refractivity contribution in [1.29, 1.82) is 0 Å². The minimum absolute atomic E-state index is 0.274. The van der Waals surface area contributed by atoms with E-state index in [-0.39, 0.29) is 5.75 Å². The molecule has 0 bridgehead atoms. The maximum Gasteiger partial charge on any atom is 0.573 e. The largest absolute Gasteiger partial charge is 0.573 e. The fourth-order valence-corrected chi connectivity index (χ4v) is 2.04. The van der Waals surface area contributed by atoms with Gasteiger partial charge in [-0.15, -0.1) is 13.2 Å². The second-order valence-electron chi connectivity index (χ2n) is 4.26. The Labute approximate surface area is 118 Å². The van der Waals surface area contributed by atoms with Crippen molar-refractivity contribution in [2.45, 2.75) is 13.3 Å². The number of ether oxygens (including phenoxy) is 1. The summed E-state index contributed by atoms with van der Waals surface area (Å²) in [6, 6.07) is 8.91. The Morgan fingerprint density at radius 2 is 1.70 bits per heavy atom. The fraction of sp³-hybridized carbons (Fsp3) is 0.143. The minimum atomic E-state index is -4.70. The smallest absolute Gasteiger partial charge is 0.406 e. The topological polar surface area (TPSA) is 35.2 Å². The maximum atomic E-state index is 12.1. The van der Waals surface area contributed by atoms with Gasteiger partial charge in [0.15, 0.2) is 0 Å². The zero-order valence-corrected chi connectivity index (χ0v) is 11.2. The molecule has 0 aliphatic carbocycles. The summed E-state index contributed by atoms with van der Waals surface area (Å²) in [4.78, 5) is 0. The number of nitrogen functional groups attached to an aromatic ring is 1. The normalized spacial score (nSPS) is 11.4. The van der Waals surface area contributed by atoms with Gasteiger partial charge < -0.3 is 10.5 Å². The van der Waals surface area contributed by atoms with E-state index in [9.17, 15) is 13.2 Å². The van der Waals surface area contributed by atoms with E-state index in [4.69, 9.17) is 17.3 Å². The van der Waals surface area contributed by atoms with Crippen LogP contribution in [0.1, 0.15) is 5.56 Å². The molecule has 106 valence electrons. The van der Waals surface area contributed by atoms with Crippen LogP contribution in [0.3, 0.4) is 0 Å². The predicted molar refractivity (Wildman–Crippen MR) is 72.7 cm³/mol. The predicted octanol–water partition coefficient (Wildman–Crippen LogP) is 4.80. The number of alkyl halides is 3. The number of nitrogens with two attached hydrogens (primary N) is 1. The zero-order valence-electron chi connectivity index (χ0n) is 10.5. The van der Waals surface area contributed by atoms with Crippen molar-refractivity contribution in [3.8, 4) is 16.9 Å². The molecule has 0 atom stereocenters. The number of halogens is 4. The summed E-state index contributed by atoms with van der Waals surface area (Å²) >= 11 is 6.09. The van der Waals surface area contributed by atoms with Gasteiger partial charge in [-0.05, 0) is 42.3 Å². The lowest BCUT2D eigenvalue weighted by molar-refractivity contribution is -0.274. The lowest BCUT2D eigenvalue weighted by Gasteiger charge is -2.11. The highest BCUT2D eigenvalue weighted by molar-refractivity contribution is 6.33. The summed E-state index contributed by atoms with van der Waals surface area (Å²) in [5.41, 5.74) is 8.54. The molecular formula is C14H11ClF3NO. The van der Waals surface area contributed by atoms with Crippen molar-refractivity contribution >= 4 is 17.3 Å². The van der Waals surface area contributed by atoms with Crippen molar-refractivity contribution in [1.82, 2.24) is 0 Å². The molecule has 0 aromatic heterocycles. The van der Waals surface area contributed by atoms with Gasteiger partial charge in [0.2, 0.25) is 0 Å². The number of anilines is 1. The summed E-state index contributed by atoms with van der Waals surface area (Å²) in [5.74, 6) is -0.274. The van der Waals surface area contributed by atoms with Gasteiger partial charge in [0, 0.05) is 11.3 Å². The average Bonchev–Trinajstić information content (AvgIpc) is 2.33. The molecule has 2 N–H and O–H groups in total. The summed E-state index contributed by atoms with van der Waals surface area (Å²) < 4.78 is 40.0. The molecule has 0 saturated carbocycles. The third kappa shape index (κ3) is 3.36. The van der Waals surface area contributed by atoms with Crippen molar-refractivity contribution < 1.29 is 17.9 Å². The molecule has 0 spiro atoms. The van der Waals surface area contributed by atoms with Crippen molar-refractivity contribution in [3.05, 3.63) is 47.0 Å². The van der Waals surface area contributed by atoms with Gasteiger partial charge in [-0.25, -0.2) is 0 Å². The Balaban J connectivity index is 2.33. The molecule has 2 aromatic carbocycles. The van der Waals surface area contributed by atoms with E-state index in [1.54, 1.807) is 12.1 Å². The van der Waals surface area contributed by atoms with Gasteiger partial charge in [-0.1, -0.05) is 23.7 Å². The van der Waals surface area contributed by atoms with Crippen molar-refractivity contribution in [2.24, 2.45) is 0 Å². The Morgan fingerprint density at radius 3 is 2.25 bits per heavy atom. The van der Waals surface area contributed by atoms with Crippen LogP contribution < -0.4 is 10.5 Å². The molecule has 2 aromatic rings. The second-order valence-corrected chi connectivity index (χ2v) is 4.67. The first kappa shape index (κ1) is 14.5. The van der Waals surface area contributed by atoms with Crippen LogP contribution in [-0.4, -0.2) is 6.36 Å². The third-order valence-corrected chi connectivity index (χ3v) is 3.07. The first-order valence-electron chi connectivity index (χ1n) is 5.68. The van der Waals surface area contributed by atoms with E-state index in [0.29, 0.717) is 21.8 Å². The van der Waals surface area contributed by atoms with Crippen molar-refractivity contribution in [3.63, 3.8) is 0 Å². The highest BCUT2D eigenvalue weighted by Gasteiger charge is 2.30. The summed E-state index contributed by atoms with van der Waals surface area (Å²) in [6.07, 6.45) is -4.70. The highest BCUT2D eigenvalue weighted by Crippen LogP contribution is 2.33. The van der Waals surface area contributed by atoms with Gasteiger partial charge in [0.25, 0.3) is 0 Å². The van der Waals surface area contributed by atoms with Crippen LogP contribution in [0, 0.1) is 6.92 Å². The van der Waals surface area contributed by atoms with E-state index in [2.05, 4.69) is 4.74 Å². The molecule has 2 nitrogen and oxygen atoms in total. The van der Waals surface area contributed by atoms with Gasteiger partial charge >= 0.3 is 6.36 Å². The van der Waals surface area contributed by atoms with E-state index >= 15 is 0 Å². The number of aryl methyl sites for hydroxylation is 1. The van der Waals surface area contributed by atoms with E-state index in [1.807, 2.05) is 6.92 Å². The number of benzene rings is 2. The van der Waals surface area contributed by atoms with E-state index in [1.165, 1.54) is 24.3 Å². The quantitative estimate of drug-likeness (QED) is 0.809. The Bertz CT molecular complexity index is 624. The standard InChI is InChI=1S/C14H11ClF3NO/c1-8-6-11(12(15)7-13(8)19)9-2-4-10(5-3-9)20-14(16,17)18/h2-7H,19H2,1H3. The molecule has 6 heteroatoms. The van der Waals surface area contributed by atoms with Gasteiger partial charge in [-0.3, -0.25) is 0 Å². The SMILES string of the molecule is Cc1cc(-c2ccc(OC(F)(F)F)cc2)c(Cl)cc1N. The maximum absolute atomic E-state index is 12.1. The van der Waals surface area contributed by atoms with E-state index in [0.717, 1.165) is 5.56 Å². The molecular weight excluding hydrogens is 291 g/mol. The molecule has 0 heterocycles. The number of hydrogen-bond donors (Lipinski definition) is 1. The van der Waals surface area contributed by atoms with Crippen molar-refractivity contribution in [2.75, 3.05) is 5.73 Å².